The highest BCUT2D eigenvalue weighted by atomic mass is 16.4. The first-order valence-corrected chi connectivity index (χ1v) is 7.98. The number of carbonyl (C=O) groups is 1. The zero-order valence-corrected chi connectivity index (χ0v) is 12.2. The molecule has 0 radical (unpaired) electrons. The minimum absolute atomic E-state index is 0.0316. The standard InChI is InChI=1S/C15H27N3O2/c16-13(18-20)15(10-6-7-11-15)14(19)17-12-8-4-2-1-3-5-9-12/h12,20H,1-11H2,(H2,16,18)(H,17,19). The van der Waals surface area contributed by atoms with Gasteiger partial charge in [0.1, 0.15) is 5.41 Å². The molecule has 2 aliphatic rings. The minimum Gasteiger partial charge on any atom is -0.409 e. The van der Waals surface area contributed by atoms with Gasteiger partial charge in [-0.1, -0.05) is 50.1 Å². The molecule has 2 saturated carbocycles. The van der Waals surface area contributed by atoms with Crippen molar-refractivity contribution in [2.75, 3.05) is 0 Å². The van der Waals surface area contributed by atoms with Crippen LogP contribution in [0.2, 0.25) is 0 Å². The van der Waals surface area contributed by atoms with E-state index in [1.54, 1.807) is 0 Å². The Balaban J connectivity index is 2.01. The molecule has 0 bridgehead atoms. The van der Waals surface area contributed by atoms with Gasteiger partial charge in [0.05, 0.1) is 0 Å². The third-order valence-corrected chi connectivity index (χ3v) is 4.93. The van der Waals surface area contributed by atoms with Crippen molar-refractivity contribution in [2.45, 2.75) is 76.7 Å². The first-order valence-electron chi connectivity index (χ1n) is 7.98. The summed E-state index contributed by atoms with van der Waals surface area (Å²) in [6, 6.07) is 0.256. The van der Waals surface area contributed by atoms with Gasteiger partial charge in [0.15, 0.2) is 5.84 Å². The molecule has 0 aromatic rings. The van der Waals surface area contributed by atoms with E-state index in [9.17, 15) is 4.79 Å². The Bertz CT molecular complexity index is 354. The maximum absolute atomic E-state index is 12.7. The predicted molar refractivity (Wildman–Crippen MR) is 78.6 cm³/mol. The molecule has 0 spiro atoms. The van der Waals surface area contributed by atoms with E-state index in [4.69, 9.17) is 10.9 Å². The summed E-state index contributed by atoms with van der Waals surface area (Å²) in [5.74, 6) is 0.0502. The molecule has 0 aliphatic heterocycles. The quantitative estimate of drug-likeness (QED) is 0.321. The van der Waals surface area contributed by atoms with E-state index in [1.807, 2.05) is 0 Å². The van der Waals surface area contributed by atoms with Gasteiger partial charge in [-0.2, -0.15) is 0 Å². The zero-order valence-electron chi connectivity index (χ0n) is 12.2. The third kappa shape index (κ3) is 3.25. The lowest BCUT2D eigenvalue weighted by molar-refractivity contribution is -0.128. The average Bonchev–Trinajstić information content (AvgIpc) is 2.91. The van der Waals surface area contributed by atoms with Crippen LogP contribution in [0.3, 0.4) is 0 Å². The number of nitrogens with one attached hydrogen (secondary N) is 1. The molecule has 0 saturated heterocycles. The number of nitrogens with two attached hydrogens (primary N) is 1. The second-order valence-corrected chi connectivity index (χ2v) is 6.29. The van der Waals surface area contributed by atoms with Crippen LogP contribution in [-0.4, -0.2) is 23.0 Å². The van der Waals surface area contributed by atoms with Gasteiger partial charge in [-0.25, -0.2) is 0 Å². The van der Waals surface area contributed by atoms with Gasteiger partial charge >= 0.3 is 0 Å². The van der Waals surface area contributed by atoms with Crippen molar-refractivity contribution in [3.8, 4) is 0 Å². The van der Waals surface area contributed by atoms with Crippen LogP contribution >= 0.6 is 0 Å². The largest absolute Gasteiger partial charge is 0.409 e. The number of nitrogens with zero attached hydrogens (tertiary/aromatic N) is 1. The molecule has 2 fully saturated rings. The Morgan fingerprint density at radius 2 is 1.60 bits per heavy atom. The first-order chi connectivity index (χ1) is 9.69. The van der Waals surface area contributed by atoms with Gasteiger partial charge in [-0.15, -0.1) is 0 Å². The second-order valence-electron chi connectivity index (χ2n) is 6.29. The Hall–Kier alpha value is -1.26. The maximum atomic E-state index is 12.7. The van der Waals surface area contributed by atoms with Crippen LogP contribution < -0.4 is 11.1 Å². The summed E-state index contributed by atoms with van der Waals surface area (Å²) in [7, 11) is 0. The first kappa shape index (κ1) is 15.1. The molecule has 0 aromatic heterocycles. The molecular formula is C15H27N3O2. The molecular weight excluding hydrogens is 254 g/mol. The van der Waals surface area contributed by atoms with Crippen LogP contribution in [0, 0.1) is 5.41 Å². The minimum atomic E-state index is -0.767. The lowest BCUT2D eigenvalue weighted by atomic mass is 9.83. The monoisotopic (exact) mass is 281 g/mol. The van der Waals surface area contributed by atoms with E-state index in [2.05, 4.69) is 10.5 Å². The van der Waals surface area contributed by atoms with E-state index in [1.165, 1.54) is 32.1 Å². The lowest BCUT2D eigenvalue weighted by Gasteiger charge is -2.30. The number of rotatable bonds is 3. The topological polar surface area (TPSA) is 87.7 Å². The Morgan fingerprint density at radius 3 is 2.15 bits per heavy atom. The molecule has 2 aliphatic carbocycles. The average molecular weight is 281 g/mol. The van der Waals surface area contributed by atoms with Crippen molar-refractivity contribution in [3.63, 3.8) is 0 Å². The Kier molecular flexibility index (Phi) is 5.26. The summed E-state index contributed by atoms with van der Waals surface area (Å²) in [4.78, 5) is 12.7. The zero-order chi connectivity index (χ0) is 14.4. The van der Waals surface area contributed by atoms with Gasteiger partial charge in [0.25, 0.3) is 0 Å². The SMILES string of the molecule is NC(=NO)C1(C(=O)NC2CCCCCCC2)CCCC1. The van der Waals surface area contributed by atoms with Crippen molar-refractivity contribution in [1.29, 1.82) is 0 Å². The Labute approximate surface area is 121 Å². The smallest absolute Gasteiger partial charge is 0.234 e. The van der Waals surface area contributed by atoms with E-state index in [0.717, 1.165) is 25.7 Å². The van der Waals surface area contributed by atoms with Crippen molar-refractivity contribution < 1.29 is 10.0 Å². The van der Waals surface area contributed by atoms with Crippen LogP contribution in [0.1, 0.15) is 70.6 Å². The summed E-state index contributed by atoms with van der Waals surface area (Å²) in [6.45, 7) is 0. The van der Waals surface area contributed by atoms with Gasteiger partial charge in [0.2, 0.25) is 5.91 Å². The molecule has 5 nitrogen and oxygen atoms in total. The fraction of sp³-hybridized carbons (Fsp3) is 0.867. The van der Waals surface area contributed by atoms with Crippen LogP contribution in [0.25, 0.3) is 0 Å². The highest BCUT2D eigenvalue weighted by Gasteiger charge is 2.45. The fourth-order valence-electron chi connectivity index (χ4n) is 3.60. The summed E-state index contributed by atoms with van der Waals surface area (Å²) in [5.41, 5.74) is 5.05. The maximum Gasteiger partial charge on any atom is 0.234 e. The number of carbonyl (C=O) groups excluding carboxylic acids is 1. The highest BCUT2D eigenvalue weighted by Crippen LogP contribution is 2.39. The summed E-state index contributed by atoms with van der Waals surface area (Å²) in [6.07, 6.45) is 11.6. The molecule has 20 heavy (non-hydrogen) atoms. The predicted octanol–water partition coefficient (Wildman–Crippen LogP) is 2.52. The van der Waals surface area contributed by atoms with Crippen molar-refractivity contribution in [3.05, 3.63) is 0 Å². The molecule has 5 heteroatoms. The van der Waals surface area contributed by atoms with Crippen LogP contribution in [0.5, 0.6) is 0 Å². The molecule has 4 N–H and O–H groups in total. The molecule has 0 aromatic carbocycles. The number of amides is 1. The lowest BCUT2D eigenvalue weighted by Crippen LogP contribution is -2.51. The van der Waals surface area contributed by atoms with Gasteiger partial charge in [-0.3, -0.25) is 4.79 Å². The molecule has 0 heterocycles. The second kappa shape index (κ2) is 6.95. The number of oxime groups is 1. The highest BCUT2D eigenvalue weighted by molar-refractivity contribution is 6.07. The fourth-order valence-corrected chi connectivity index (χ4v) is 3.60. The number of amidine groups is 1. The third-order valence-electron chi connectivity index (χ3n) is 4.93. The molecule has 2 rings (SSSR count). The molecule has 114 valence electrons. The number of hydrogen-bond donors (Lipinski definition) is 3. The van der Waals surface area contributed by atoms with E-state index >= 15 is 0 Å². The van der Waals surface area contributed by atoms with E-state index < -0.39 is 5.41 Å². The van der Waals surface area contributed by atoms with Crippen LogP contribution in [0.4, 0.5) is 0 Å². The van der Waals surface area contributed by atoms with E-state index in [0.29, 0.717) is 12.8 Å². The van der Waals surface area contributed by atoms with Gasteiger partial charge in [0, 0.05) is 6.04 Å². The van der Waals surface area contributed by atoms with Crippen LogP contribution in [0.15, 0.2) is 5.16 Å². The summed E-state index contributed by atoms with van der Waals surface area (Å²) < 4.78 is 0. The summed E-state index contributed by atoms with van der Waals surface area (Å²) >= 11 is 0. The van der Waals surface area contributed by atoms with Gasteiger partial charge in [-0.05, 0) is 25.7 Å². The molecule has 0 unspecified atom stereocenters. The number of hydrogen-bond acceptors (Lipinski definition) is 3. The molecule has 0 atom stereocenters. The van der Waals surface area contributed by atoms with Gasteiger partial charge < -0.3 is 16.3 Å². The normalized spacial score (nSPS) is 24.9. The van der Waals surface area contributed by atoms with Crippen molar-refractivity contribution >= 4 is 11.7 Å². The van der Waals surface area contributed by atoms with E-state index in [-0.39, 0.29) is 17.8 Å². The molecule has 1 amide bonds. The van der Waals surface area contributed by atoms with Crippen molar-refractivity contribution in [1.82, 2.24) is 5.32 Å². The Morgan fingerprint density at radius 1 is 1.05 bits per heavy atom. The summed E-state index contributed by atoms with van der Waals surface area (Å²) in [5, 5.41) is 15.3. The van der Waals surface area contributed by atoms with Crippen molar-refractivity contribution in [2.24, 2.45) is 16.3 Å². The van der Waals surface area contributed by atoms with Crippen LogP contribution in [-0.2, 0) is 4.79 Å².